The van der Waals surface area contributed by atoms with E-state index < -0.39 is 59.9 Å². The van der Waals surface area contributed by atoms with Crippen LogP contribution in [0.2, 0.25) is 0 Å². The summed E-state index contributed by atoms with van der Waals surface area (Å²) >= 11 is 3.36. The molecule has 0 spiro atoms. The molecule has 2 amide bonds. The Bertz CT molecular complexity index is 2030. The molecule has 48 heavy (non-hydrogen) atoms. The zero-order chi connectivity index (χ0) is 35.0. The molecule has 2 atom stereocenters. The van der Waals surface area contributed by atoms with Crippen molar-refractivity contribution in [2.24, 2.45) is 5.73 Å². The van der Waals surface area contributed by atoms with E-state index in [0.29, 0.717) is 21.1 Å². The minimum absolute atomic E-state index is 0.0753. The van der Waals surface area contributed by atoms with Gasteiger partial charge in [-0.3, -0.25) is 9.59 Å². The average molecular weight is 739 g/mol. The smallest absolute Gasteiger partial charge is 0.494 e. The maximum absolute atomic E-state index is 14.8. The molecule has 0 saturated carbocycles. The molecular formula is C31H24BrF5N4O7. The van der Waals surface area contributed by atoms with Gasteiger partial charge >= 0.3 is 12.5 Å². The largest absolute Gasteiger partial charge is 0.586 e. The van der Waals surface area contributed by atoms with Crippen molar-refractivity contribution in [1.29, 1.82) is 0 Å². The van der Waals surface area contributed by atoms with Gasteiger partial charge in [-0.1, -0.05) is 0 Å². The van der Waals surface area contributed by atoms with Crippen LogP contribution in [0.3, 0.4) is 0 Å². The number of alkyl halides is 5. The molecule has 2 aromatic heterocycles. The number of ether oxygens (including phenoxy) is 4. The first-order valence-electron chi connectivity index (χ1n) is 14.0. The van der Waals surface area contributed by atoms with Crippen molar-refractivity contribution in [1.82, 2.24) is 15.3 Å². The van der Waals surface area contributed by atoms with E-state index in [1.54, 1.807) is 13.0 Å². The molecule has 0 saturated heterocycles. The number of rotatable bonds is 7. The van der Waals surface area contributed by atoms with Crippen LogP contribution < -0.4 is 30.0 Å². The maximum Gasteiger partial charge on any atom is 0.586 e. The second-order valence-corrected chi connectivity index (χ2v) is 12.2. The molecule has 4 heterocycles. The summed E-state index contributed by atoms with van der Waals surface area (Å²) in [5.74, 6) is -2.75. The zero-order valence-electron chi connectivity index (χ0n) is 25.1. The third-order valence-corrected chi connectivity index (χ3v) is 8.99. The minimum Gasteiger partial charge on any atom is -0.494 e. The van der Waals surface area contributed by atoms with Gasteiger partial charge in [0, 0.05) is 26.5 Å². The lowest BCUT2D eigenvalue weighted by atomic mass is 9.81. The van der Waals surface area contributed by atoms with Crippen molar-refractivity contribution in [3.63, 3.8) is 0 Å². The van der Waals surface area contributed by atoms with Crippen LogP contribution in [0.4, 0.5) is 22.0 Å². The van der Waals surface area contributed by atoms with Crippen LogP contribution in [0.5, 0.6) is 23.0 Å². The van der Waals surface area contributed by atoms with E-state index in [9.17, 15) is 36.6 Å². The molecule has 6 rings (SSSR count). The SMILES string of the molecule is COc1cc(C(=O)NC[C@](O)(c2cc3c(c(-c4ccc5c(c4)OC(F)(F)O5)n2)OC[C@]3(C)C(N)=O)C(F)(F)F)cc2cc(Br)c(C)nc12. The number of primary amides is 1. The number of nitrogens with two attached hydrogens (primary N) is 1. The topological polar surface area (TPSA) is 155 Å². The Hall–Kier alpha value is -4.77. The second kappa shape index (κ2) is 11.2. The van der Waals surface area contributed by atoms with E-state index >= 15 is 0 Å². The molecule has 252 valence electrons. The highest BCUT2D eigenvalue weighted by Crippen LogP contribution is 2.50. The summed E-state index contributed by atoms with van der Waals surface area (Å²) in [6, 6.07) is 8.47. The maximum atomic E-state index is 14.8. The van der Waals surface area contributed by atoms with Crippen molar-refractivity contribution in [2.75, 3.05) is 20.3 Å². The number of nitrogens with one attached hydrogen (secondary N) is 1. The fraction of sp³-hybridized carbons (Fsp3) is 0.290. The molecule has 0 unspecified atom stereocenters. The number of methoxy groups -OCH3 is 1. The Kier molecular flexibility index (Phi) is 7.70. The highest BCUT2D eigenvalue weighted by Gasteiger charge is 2.58. The highest BCUT2D eigenvalue weighted by molar-refractivity contribution is 9.10. The molecule has 2 aliphatic rings. The van der Waals surface area contributed by atoms with Crippen molar-refractivity contribution >= 4 is 38.6 Å². The molecule has 0 bridgehead atoms. The molecule has 0 fully saturated rings. The lowest BCUT2D eigenvalue weighted by Gasteiger charge is -2.31. The summed E-state index contributed by atoms with van der Waals surface area (Å²) < 4.78 is 92.5. The fourth-order valence-corrected chi connectivity index (χ4v) is 5.68. The number of hydrogen-bond acceptors (Lipinski definition) is 9. The standard InChI is InChI=1S/C31H24BrF5N4O7/c1-13-18(32)7-15-6-16(9-21(45-3)23(15)40-13)26(42)39-11-29(44,30(33,34)35)22-10-17-25(46-12-28(17,2)27(38)43)24(41-22)14-4-5-19-20(8-14)48-31(36,37)47-19/h4-10,44H,11-12H2,1-3H3,(H2,38,43)(H,39,42)/t28-,29-/m0/s1. The molecule has 11 nitrogen and oxygen atoms in total. The number of hydrogen-bond donors (Lipinski definition) is 3. The van der Waals surface area contributed by atoms with Gasteiger partial charge in [-0.2, -0.15) is 13.2 Å². The number of carbonyl (C=O) groups excluding carboxylic acids is 2. The first kappa shape index (κ1) is 33.1. The summed E-state index contributed by atoms with van der Waals surface area (Å²) in [5, 5.41) is 13.9. The first-order valence-corrected chi connectivity index (χ1v) is 14.8. The zero-order valence-corrected chi connectivity index (χ0v) is 26.7. The van der Waals surface area contributed by atoms with Crippen LogP contribution in [0.15, 0.2) is 46.9 Å². The van der Waals surface area contributed by atoms with E-state index in [4.69, 9.17) is 15.2 Å². The van der Waals surface area contributed by atoms with Gasteiger partial charge < -0.3 is 35.1 Å². The molecule has 0 radical (unpaired) electrons. The number of amides is 2. The predicted molar refractivity (Wildman–Crippen MR) is 161 cm³/mol. The van der Waals surface area contributed by atoms with Crippen molar-refractivity contribution in [3.8, 4) is 34.3 Å². The Morgan fingerprint density at radius 2 is 1.81 bits per heavy atom. The van der Waals surface area contributed by atoms with E-state index in [0.717, 1.165) is 18.2 Å². The van der Waals surface area contributed by atoms with Gasteiger partial charge in [-0.05, 0) is 72.2 Å². The van der Waals surface area contributed by atoms with Crippen LogP contribution in [-0.4, -0.2) is 59.6 Å². The monoisotopic (exact) mass is 738 g/mol. The van der Waals surface area contributed by atoms with Crippen molar-refractivity contribution in [3.05, 3.63) is 69.5 Å². The number of aromatic nitrogens is 2. The Morgan fingerprint density at radius 1 is 1.10 bits per heavy atom. The third-order valence-electron chi connectivity index (χ3n) is 8.18. The Morgan fingerprint density at radius 3 is 2.48 bits per heavy atom. The molecule has 2 aromatic carbocycles. The average Bonchev–Trinajstić information content (AvgIpc) is 3.53. The number of aliphatic hydroxyl groups is 1. The van der Waals surface area contributed by atoms with Crippen LogP contribution >= 0.6 is 15.9 Å². The third kappa shape index (κ3) is 5.39. The van der Waals surface area contributed by atoms with Gasteiger partial charge in [0.05, 0.1) is 25.0 Å². The number of benzene rings is 2. The van der Waals surface area contributed by atoms with Crippen LogP contribution in [-0.2, 0) is 15.8 Å². The lowest BCUT2D eigenvalue weighted by molar-refractivity contribution is -0.286. The van der Waals surface area contributed by atoms with Gasteiger partial charge in [0.1, 0.15) is 34.7 Å². The second-order valence-electron chi connectivity index (χ2n) is 11.4. The quantitative estimate of drug-likeness (QED) is 0.222. The summed E-state index contributed by atoms with van der Waals surface area (Å²) in [6.07, 6.45) is -9.44. The van der Waals surface area contributed by atoms with Crippen LogP contribution in [0, 0.1) is 6.92 Å². The van der Waals surface area contributed by atoms with Crippen LogP contribution in [0.25, 0.3) is 22.2 Å². The van der Waals surface area contributed by atoms with E-state index in [1.807, 2.05) is 0 Å². The molecule has 0 aliphatic carbocycles. The highest BCUT2D eigenvalue weighted by atomic mass is 79.9. The molecule has 2 aliphatic heterocycles. The molecule has 4 aromatic rings. The molecular weight excluding hydrogens is 715 g/mol. The number of fused-ring (bicyclic) bond motifs is 3. The van der Waals surface area contributed by atoms with Gasteiger partial charge in [0.25, 0.3) is 5.91 Å². The summed E-state index contributed by atoms with van der Waals surface area (Å²) in [4.78, 5) is 34.3. The van der Waals surface area contributed by atoms with Gasteiger partial charge in [-0.15, -0.1) is 8.78 Å². The van der Waals surface area contributed by atoms with Crippen LogP contribution in [0.1, 0.15) is 34.2 Å². The number of carbonyl (C=O) groups is 2. The van der Waals surface area contributed by atoms with E-state index in [1.165, 1.54) is 32.2 Å². The van der Waals surface area contributed by atoms with Gasteiger partial charge in [0.2, 0.25) is 11.5 Å². The summed E-state index contributed by atoms with van der Waals surface area (Å²) in [7, 11) is 1.34. The summed E-state index contributed by atoms with van der Waals surface area (Å²) in [6.45, 7) is 1.24. The Balaban J connectivity index is 1.43. The van der Waals surface area contributed by atoms with Crippen molar-refractivity contribution in [2.45, 2.75) is 37.3 Å². The Labute approximate surface area is 276 Å². The molecule has 17 heteroatoms. The lowest BCUT2D eigenvalue weighted by Crippen LogP contribution is -2.51. The van der Waals surface area contributed by atoms with Crippen molar-refractivity contribution < 1.29 is 55.6 Å². The van der Waals surface area contributed by atoms with E-state index in [2.05, 4.69) is 40.7 Å². The van der Waals surface area contributed by atoms with Gasteiger partial charge in [-0.25, -0.2) is 9.97 Å². The summed E-state index contributed by atoms with van der Waals surface area (Å²) in [5.41, 5.74) is -0.597. The van der Waals surface area contributed by atoms with Gasteiger partial charge in [0.15, 0.2) is 11.5 Å². The number of nitrogens with zero attached hydrogens (tertiary/aromatic N) is 2. The van der Waals surface area contributed by atoms with E-state index in [-0.39, 0.29) is 39.6 Å². The normalized spacial score (nSPS) is 19.0. The predicted octanol–water partition coefficient (Wildman–Crippen LogP) is 5.01. The number of aryl methyl sites for hydroxylation is 1. The first-order chi connectivity index (χ1) is 22.4. The number of pyridine rings is 2. The number of halogens is 6. The fourth-order valence-electron chi connectivity index (χ4n) is 5.35. The minimum atomic E-state index is -5.45. The molecule has 4 N–H and O–H groups in total.